The minimum atomic E-state index is -0.555. The van der Waals surface area contributed by atoms with E-state index in [1.54, 1.807) is 0 Å². The first-order chi connectivity index (χ1) is 13.5. The molecular formula is C22H34Cl2N2O4. The third kappa shape index (κ3) is 12.2. The molecule has 0 aliphatic rings. The molecule has 2 aromatic carbocycles. The van der Waals surface area contributed by atoms with Gasteiger partial charge in [0.15, 0.2) is 0 Å². The van der Waals surface area contributed by atoms with Gasteiger partial charge in [-0.3, -0.25) is 0 Å². The Morgan fingerprint density at radius 1 is 0.667 bits per heavy atom. The Kier molecular flexibility index (Phi) is 15.4. The first kappa shape index (κ1) is 28.5. The predicted octanol–water partition coefficient (Wildman–Crippen LogP) is 2.57. The third-order valence-electron chi connectivity index (χ3n) is 4.28. The first-order valence-corrected chi connectivity index (χ1v) is 9.62. The van der Waals surface area contributed by atoms with Crippen molar-refractivity contribution in [2.45, 2.75) is 12.2 Å². The standard InChI is InChI=1S/C22H32N2O4.2ClH/c1-23(15-19(25)17-27-21-9-5-3-6-10-21)13-14-24(2)16-20(26)18-28-22-11-7-4-8-12-22;;/h3-12,19-20,25-26H,13-18H2,1-2H3;2*1H. The molecule has 6 nitrogen and oxygen atoms in total. The van der Waals surface area contributed by atoms with Crippen LogP contribution >= 0.6 is 24.8 Å². The maximum absolute atomic E-state index is 10.1. The van der Waals surface area contributed by atoms with Gasteiger partial charge < -0.3 is 29.5 Å². The molecule has 0 fully saturated rings. The number of para-hydroxylation sites is 2. The lowest BCUT2D eigenvalue weighted by atomic mass is 10.3. The van der Waals surface area contributed by atoms with Crippen LogP contribution in [0.3, 0.4) is 0 Å². The lowest BCUT2D eigenvalue weighted by Gasteiger charge is -2.25. The average molecular weight is 461 g/mol. The highest BCUT2D eigenvalue weighted by Gasteiger charge is 2.12. The molecule has 0 bridgehead atoms. The molecule has 8 heteroatoms. The van der Waals surface area contributed by atoms with E-state index in [4.69, 9.17) is 9.47 Å². The Hall–Kier alpha value is -1.54. The van der Waals surface area contributed by atoms with Crippen molar-refractivity contribution in [1.82, 2.24) is 9.80 Å². The molecule has 0 heterocycles. The SMILES string of the molecule is CN(CCN(C)CC(O)COc1ccccc1)CC(O)COc1ccccc1.Cl.Cl. The van der Waals surface area contributed by atoms with Gasteiger partial charge in [-0.25, -0.2) is 0 Å². The smallest absolute Gasteiger partial charge is 0.119 e. The van der Waals surface area contributed by atoms with Gasteiger partial charge in [-0.15, -0.1) is 24.8 Å². The molecule has 0 spiro atoms. The van der Waals surface area contributed by atoms with Gasteiger partial charge in [0.2, 0.25) is 0 Å². The van der Waals surface area contributed by atoms with E-state index < -0.39 is 12.2 Å². The normalized spacial score (nSPS) is 12.6. The van der Waals surface area contributed by atoms with Crippen molar-refractivity contribution in [3.63, 3.8) is 0 Å². The molecule has 0 radical (unpaired) electrons. The summed E-state index contributed by atoms with van der Waals surface area (Å²) in [5.41, 5.74) is 0. The lowest BCUT2D eigenvalue weighted by molar-refractivity contribution is 0.0617. The fourth-order valence-electron chi connectivity index (χ4n) is 2.77. The van der Waals surface area contributed by atoms with Crippen molar-refractivity contribution in [1.29, 1.82) is 0 Å². The van der Waals surface area contributed by atoms with E-state index in [0.29, 0.717) is 13.1 Å². The summed E-state index contributed by atoms with van der Waals surface area (Å²) in [5, 5.41) is 20.3. The number of halogens is 2. The summed E-state index contributed by atoms with van der Waals surface area (Å²) in [5.74, 6) is 1.52. The number of aliphatic hydroxyl groups excluding tert-OH is 2. The summed E-state index contributed by atoms with van der Waals surface area (Å²) in [6.07, 6.45) is -1.11. The van der Waals surface area contributed by atoms with Crippen LogP contribution in [0.1, 0.15) is 0 Å². The summed E-state index contributed by atoms with van der Waals surface area (Å²) >= 11 is 0. The number of nitrogens with zero attached hydrogens (tertiary/aromatic N) is 2. The Labute approximate surface area is 192 Å². The molecule has 2 rings (SSSR count). The minimum Gasteiger partial charge on any atom is -0.491 e. The maximum atomic E-state index is 10.1. The number of likely N-dealkylation sites (N-methyl/N-ethyl adjacent to an activating group) is 2. The van der Waals surface area contributed by atoms with Crippen molar-refractivity contribution in [3.05, 3.63) is 60.7 Å². The van der Waals surface area contributed by atoms with Gasteiger partial charge in [0.1, 0.15) is 36.9 Å². The van der Waals surface area contributed by atoms with Gasteiger partial charge in [-0.05, 0) is 38.4 Å². The summed E-state index contributed by atoms with van der Waals surface area (Å²) in [7, 11) is 3.93. The molecular weight excluding hydrogens is 427 g/mol. The van der Waals surface area contributed by atoms with Gasteiger partial charge in [0.25, 0.3) is 0 Å². The van der Waals surface area contributed by atoms with E-state index in [-0.39, 0.29) is 38.0 Å². The maximum Gasteiger partial charge on any atom is 0.119 e. The molecule has 0 saturated carbocycles. The largest absolute Gasteiger partial charge is 0.491 e. The van der Waals surface area contributed by atoms with Crippen LogP contribution in [-0.4, -0.2) is 85.7 Å². The number of rotatable bonds is 13. The first-order valence-electron chi connectivity index (χ1n) is 9.62. The zero-order valence-corrected chi connectivity index (χ0v) is 19.2. The van der Waals surface area contributed by atoms with Gasteiger partial charge in [0.05, 0.1) is 0 Å². The van der Waals surface area contributed by atoms with Crippen molar-refractivity contribution in [2.75, 3.05) is 53.5 Å². The Morgan fingerprint density at radius 3 is 1.33 bits per heavy atom. The van der Waals surface area contributed by atoms with Crippen LogP contribution in [0.25, 0.3) is 0 Å². The molecule has 2 unspecified atom stereocenters. The summed E-state index contributed by atoms with van der Waals surface area (Å²) in [6.45, 7) is 3.15. The van der Waals surface area contributed by atoms with E-state index in [0.717, 1.165) is 24.6 Å². The number of hydrogen-bond acceptors (Lipinski definition) is 6. The minimum absolute atomic E-state index is 0. The third-order valence-corrected chi connectivity index (χ3v) is 4.28. The molecule has 170 valence electrons. The second-order valence-corrected chi connectivity index (χ2v) is 7.08. The van der Waals surface area contributed by atoms with Gasteiger partial charge in [-0.1, -0.05) is 36.4 Å². The Balaban J connectivity index is 0.00000420. The fraction of sp³-hybridized carbons (Fsp3) is 0.455. The van der Waals surface area contributed by atoms with Crippen LogP contribution in [-0.2, 0) is 0 Å². The van der Waals surface area contributed by atoms with Crippen LogP contribution in [0, 0.1) is 0 Å². The average Bonchev–Trinajstić information content (AvgIpc) is 2.71. The van der Waals surface area contributed by atoms with Crippen molar-refractivity contribution < 1.29 is 19.7 Å². The fourth-order valence-corrected chi connectivity index (χ4v) is 2.77. The van der Waals surface area contributed by atoms with Crippen LogP contribution in [0.4, 0.5) is 0 Å². The highest BCUT2D eigenvalue weighted by Crippen LogP contribution is 2.09. The van der Waals surface area contributed by atoms with Crippen molar-refractivity contribution in [2.24, 2.45) is 0 Å². The highest BCUT2D eigenvalue weighted by molar-refractivity contribution is 5.85. The summed E-state index contributed by atoms with van der Waals surface area (Å²) in [4.78, 5) is 4.12. The van der Waals surface area contributed by atoms with Crippen molar-refractivity contribution in [3.8, 4) is 11.5 Å². The number of benzene rings is 2. The second kappa shape index (κ2) is 16.2. The summed E-state index contributed by atoms with van der Waals surface area (Å²) in [6, 6.07) is 19.0. The van der Waals surface area contributed by atoms with E-state index in [1.807, 2.05) is 74.8 Å². The molecule has 30 heavy (non-hydrogen) atoms. The Morgan fingerprint density at radius 2 is 1.00 bits per heavy atom. The lowest BCUT2D eigenvalue weighted by Crippen LogP contribution is -2.40. The molecule has 0 aromatic heterocycles. The zero-order valence-electron chi connectivity index (χ0n) is 17.6. The van der Waals surface area contributed by atoms with Crippen LogP contribution in [0.5, 0.6) is 11.5 Å². The van der Waals surface area contributed by atoms with Crippen LogP contribution < -0.4 is 9.47 Å². The summed E-state index contributed by atoms with van der Waals surface area (Å²) < 4.78 is 11.2. The second-order valence-electron chi connectivity index (χ2n) is 7.08. The monoisotopic (exact) mass is 460 g/mol. The van der Waals surface area contributed by atoms with Crippen LogP contribution in [0.2, 0.25) is 0 Å². The number of hydrogen-bond donors (Lipinski definition) is 2. The van der Waals surface area contributed by atoms with Crippen LogP contribution in [0.15, 0.2) is 60.7 Å². The van der Waals surface area contributed by atoms with E-state index in [9.17, 15) is 10.2 Å². The number of aliphatic hydroxyl groups is 2. The predicted molar refractivity (Wildman–Crippen MR) is 125 cm³/mol. The Bertz CT molecular complexity index is 595. The molecule has 2 aromatic rings. The quantitative estimate of drug-likeness (QED) is 0.478. The van der Waals surface area contributed by atoms with Gasteiger partial charge >= 0.3 is 0 Å². The van der Waals surface area contributed by atoms with Gasteiger partial charge in [0, 0.05) is 26.2 Å². The van der Waals surface area contributed by atoms with Crippen molar-refractivity contribution >= 4 is 24.8 Å². The van der Waals surface area contributed by atoms with E-state index in [2.05, 4.69) is 9.80 Å². The molecule has 2 atom stereocenters. The molecule has 0 saturated heterocycles. The molecule has 0 amide bonds. The highest BCUT2D eigenvalue weighted by atomic mass is 35.5. The van der Waals surface area contributed by atoms with E-state index in [1.165, 1.54) is 0 Å². The van der Waals surface area contributed by atoms with E-state index >= 15 is 0 Å². The number of ether oxygens (including phenoxy) is 2. The molecule has 0 aliphatic carbocycles. The molecule has 0 aliphatic heterocycles. The van der Waals surface area contributed by atoms with Gasteiger partial charge in [-0.2, -0.15) is 0 Å². The zero-order chi connectivity index (χ0) is 20.2. The topological polar surface area (TPSA) is 65.4 Å². The molecule has 2 N–H and O–H groups in total.